The first-order valence-electron chi connectivity index (χ1n) is 9.65. The van der Waals surface area contributed by atoms with Crippen LogP contribution in [-0.2, 0) is 4.79 Å². The van der Waals surface area contributed by atoms with E-state index < -0.39 is 5.41 Å². The fourth-order valence-electron chi connectivity index (χ4n) is 3.17. The van der Waals surface area contributed by atoms with Crippen molar-refractivity contribution < 1.29 is 19.1 Å². The van der Waals surface area contributed by atoms with Gasteiger partial charge in [0.25, 0.3) is 0 Å². The zero-order valence-electron chi connectivity index (χ0n) is 17.2. The molecule has 29 heavy (non-hydrogen) atoms. The van der Waals surface area contributed by atoms with Crippen molar-refractivity contribution in [1.82, 2.24) is 0 Å². The average molecular weight is 397 g/mol. The van der Waals surface area contributed by atoms with Gasteiger partial charge in [0.05, 0.1) is 18.2 Å². The van der Waals surface area contributed by atoms with Gasteiger partial charge in [-0.1, -0.05) is 13.0 Å². The minimum atomic E-state index is -0.620. The summed E-state index contributed by atoms with van der Waals surface area (Å²) in [6, 6.07) is 12.1. The molecule has 3 amide bonds. The van der Waals surface area contributed by atoms with Crippen LogP contribution in [0.15, 0.2) is 42.5 Å². The normalized spacial score (nSPS) is 15.0. The summed E-state index contributed by atoms with van der Waals surface area (Å²) in [4.78, 5) is 27.0. The summed E-state index contributed by atoms with van der Waals surface area (Å²) in [5.74, 6) is 1.27. The van der Waals surface area contributed by atoms with E-state index in [9.17, 15) is 9.59 Å². The van der Waals surface area contributed by atoms with E-state index in [0.717, 1.165) is 12.1 Å². The number of hydrogen-bond donors (Lipinski definition) is 2. The molecular formula is C22H27N3O4. The predicted molar refractivity (Wildman–Crippen MR) is 114 cm³/mol. The number of hydrogen-bond acceptors (Lipinski definition) is 4. The molecule has 0 saturated carbocycles. The first-order valence-corrected chi connectivity index (χ1v) is 9.65. The highest BCUT2D eigenvalue weighted by molar-refractivity contribution is 6.02. The fraction of sp³-hybridized carbons (Fsp3) is 0.364. The summed E-state index contributed by atoms with van der Waals surface area (Å²) < 4.78 is 11.1. The van der Waals surface area contributed by atoms with Crippen LogP contribution in [0.25, 0.3) is 0 Å². The number of rotatable bonds is 5. The van der Waals surface area contributed by atoms with Crippen LogP contribution < -0.4 is 25.0 Å². The molecule has 1 aliphatic rings. The Morgan fingerprint density at radius 3 is 2.59 bits per heavy atom. The summed E-state index contributed by atoms with van der Waals surface area (Å²) >= 11 is 0. The lowest BCUT2D eigenvalue weighted by Crippen LogP contribution is -2.42. The molecule has 0 bridgehead atoms. The van der Waals surface area contributed by atoms with Crippen molar-refractivity contribution in [2.45, 2.75) is 27.2 Å². The van der Waals surface area contributed by atoms with Crippen molar-refractivity contribution >= 4 is 29.0 Å². The fourth-order valence-corrected chi connectivity index (χ4v) is 3.17. The number of benzene rings is 2. The number of amides is 3. The smallest absolute Gasteiger partial charge is 0.323 e. The number of fused-ring (bicyclic) bond motifs is 1. The molecule has 7 nitrogen and oxygen atoms in total. The monoisotopic (exact) mass is 397 g/mol. The number of carbonyl (C=O) groups excluding carboxylic acids is 2. The number of nitrogens with zero attached hydrogens (tertiary/aromatic N) is 1. The molecule has 1 aliphatic heterocycles. The lowest BCUT2D eigenvalue weighted by Gasteiger charge is -2.27. The molecular weight excluding hydrogens is 370 g/mol. The Hall–Kier alpha value is -3.22. The van der Waals surface area contributed by atoms with E-state index in [0.29, 0.717) is 29.4 Å². The zero-order valence-corrected chi connectivity index (χ0v) is 17.2. The van der Waals surface area contributed by atoms with Crippen molar-refractivity contribution in [3.63, 3.8) is 0 Å². The van der Waals surface area contributed by atoms with Crippen LogP contribution in [0.4, 0.5) is 21.9 Å². The van der Waals surface area contributed by atoms with Crippen LogP contribution in [0.2, 0.25) is 0 Å². The molecule has 0 saturated heterocycles. The molecule has 2 N–H and O–H groups in total. The molecule has 3 rings (SSSR count). The predicted octanol–water partition coefficient (Wildman–Crippen LogP) is 4.50. The molecule has 0 aromatic heterocycles. The average Bonchev–Trinajstić information content (AvgIpc) is 2.78. The molecule has 2 aromatic carbocycles. The second-order valence-electron chi connectivity index (χ2n) is 7.62. The molecule has 7 heteroatoms. The van der Waals surface area contributed by atoms with Crippen molar-refractivity contribution in [2.75, 3.05) is 35.8 Å². The maximum Gasteiger partial charge on any atom is 0.323 e. The van der Waals surface area contributed by atoms with Crippen LogP contribution in [0, 0.1) is 5.41 Å². The quantitative estimate of drug-likeness (QED) is 0.778. The Morgan fingerprint density at radius 1 is 1.17 bits per heavy atom. The van der Waals surface area contributed by atoms with Gasteiger partial charge in [-0.3, -0.25) is 4.79 Å². The molecule has 0 aliphatic carbocycles. The number of ether oxygens (including phenoxy) is 2. The molecule has 0 fully saturated rings. The lowest BCUT2D eigenvalue weighted by molar-refractivity contribution is -0.127. The van der Waals surface area contributed by atoms with E-state index >= 15 is 0 Å². The molecule has 0 radical (unpaired) electrons. The maximum atomic E-state index is 12.9. The number of anilines is 3. The standard InChI is InChI=1S/C22H27N3O4/c1-5-11-25-18-10-9-16(13-19(18)29-14-22(2,3)20(25)26)24-21(27)23-15-7-6-8-17(12-15)28-4/h6-10,12-13H,5,11,14H2,1-4H3,(H2,23,24,27). The van der Waals surface area contributed by atoms with Gasteiger partial charge in [0.2, 0.25) is 5.91 Å². The van der Waals surface area contributed by atoms with Crippen molar-refractivity contribution in [3.8, 4) is 11.5 Å². The first-order chi connectivity index (χ1) is 13.8. The summed E-state index contributed by atoms with van der Waals surface area (Å²) in [6.07, 6.45) is 0.838. The third-order valence-electron chi connectivity index (χ3n) is 4.70. The Morgan fingerprint density at radius 2 is 1.90 bits per heavy atom. The van der Waals surface area contributed by atoms with Gasteiger partial charge in [0.1, 0.15) is 18.1 Å². The van der Waals surface area contributed by atoms with Gasteiger partial charge in [-0.2, -0.15) is 0 Å². The molecule has 0 spiro atoms. The summed E-state index contributed by atoms with van der Waals surface area (Å²) in [5.41, 5.74) is 1.30. The van der Waals surface area contributed by atoms with Gasteiger partial charge >= 0.3 is 6.03 Å². The highest BCUT2D eigenvalue weighted by Gasteiger charge is 2.37. The lowest BCUT2D eigenvalue weighted by atomic mass is 9.93. The van der Waals surface area contributed by atoms with E-state index in [1.54, 1.807) is 48.4 Å². The summed E-state index contributed by atoms with van der Waals surface area (Å²) in [6.45, 7) is 6.68. The van der Waals surface area contributed by atoms with Crippen LogP contribution in [0.3, 0.4) is 0 Å². The number of nitrogens with one attached hydrogen (secondary N) is 2. The first kappa shape index (κ1) is 20.5. The molecule has 0 unspecified atom stereocenters. The summed E-state index contributed by atoms with van der Waals surface area (Å²) in [7, 11) is 1.57. The van der Waals surface area contributed by atoms with Gasteiger partial charge < -0.3 is 25.0 Å². The molecule has 154 valence electrons. The molecule has 1 heterocycles. The Bertz CT molecular complexity index is 911. The van der Waals surface area contributed by atoms with Crippen molar-refractivity contribution in [1.29, 1.82) is 0 Å². The third-order valence-corrected chi connectivity index (χ3v) is 4.70. The number of methoxy groups -OCH3 is 1. The Kier molecular flexibility index (Phi) is 5.96. The Balaban J connectivity index is 1.78. The van der Waals surface area contributed by atoms with Crippen LogP contribution in [0.5, 0.6) is 11.5 Å². The minimum absolute atomic E-state index is 0.0366. The van der Waals surface area contributed by atoms with Crippen molar-refractivity contribution in [3.05, 3.63) is 42.5 Å². The van der Waals surface area contributed by atoms with Crippen LogP contribution in [-0.4, -0.2) is 32.2 Å². The highest BCUT2D eigenvalue weighted by atomic mass is 16.5. The van der Waals surface area contributed by atoms with Gasteiger partial charge in [0.15, 0.2) is 0 Å². The SMILES string of the molecule is CCCN1C(=O)C(C)(C)COc2cc(NC(=O)Nc3cccc(OC)c3)ccc21. The van der Waals surface area contributed by atoms with E-state index in [-0.39, 0.29) is 18.5 Å². The zero-order chi connectivity index (χ0) is 21.0. The second-order valence-corrected chi connectivity index (χ2v) is 7.62. The molecule has 0 atom stereocenters. The highest BCUT2D eigenvalue weighted by Crippen LogP contribution is 2.38. The van der Waals surface area contributed by atoms with E-state index in [2.05, 4.69) is 10.6 Å². The summed E-state index contributed by atoms with van der Waals surface area (Å²) in [5, 5.41) is 5.57. The maximum absolute atomic E-state index is 12.9. The van der Waals surface area contributed by atoms with Crippen molar-refractivity contribution in [2.24, 2.45) is 5.41 Å². The van der Waals surface area contributed by atoms with Gasteiger partial charge in [-0.25, -0.2) is 4.79 Å². The van der Waals surface area contributed by atoms with E-state index in [4.69, 9.17) is 9.47 Å². The van der Waals surface area contributed by atoms with E-state index in [1.165, 1.54) is 0 Å². The number of carbonyl (C=O) groups is 2. The topological polar surface area (TPSA) is 79.9 Å². The van der Waals surface area contributed by atoms with Crippen LogP contribution in [0.1, 0.15) is 27.2 Å². The third kappa shape index (κ3) is 4.62. The van der Waals surface area contributed by atoms with Crippen LogP contribution >= 0.6 is 0 Å². The minimum Gasteiger partial charge on any atom is -0.497 e. The van der Waals surface area contributed by atoms with E-state index in [1.807, 2.05) is 26.8 Å². The van der Waals surface area contributed by atoms with Gasteiger partial charge in [0, 0.05) is 30.1 Å². The largest absolute Gasteiger partial charge is 0.497 e. The Labute approximate surface area is 171 Å². The molecule has 2 aromatic rings. The van der Waals surface area contributed by atoms with Gasteiger partial charge in [-0.15, -0.1) is 0 Å². The second kappa shape index (κ2) is 8.43. The van der Waals surface area contributed by atoms with Gasteiger partial charge in [-0.05, 0) is 44.5 Å². The number of urea groups is 1.